The molecule has 0 saturated carbocycles. The molecule has 0 radical (unpaired) electrons. The summed E-state index contributed by atoms with van der Waals surface area (Å²) in [5, 5.41) is -0.128. The molecule has 1 amide bonds. The van der Waals surface area contributed by atoms with Crippen molar-refractivity contribution < 1.29 is 4.79 Å². The first-order chi connectivity index (χ1) is 3.70. The van der Waals surface area contributed by atoms with Gasteiger partial charge in [0.25, 0.3) is 0 Å². The monoisotopic (exact) mass is 169 g/mol. The highest BCUT2D eigenvalue weighted by Gasteiger charge is 2.23. The van der Waals surface area contributed by atoms with Crippen LogP contribution in [0.4, 0.5) is 4.79 Å². The Balaban J connectivity index is 2.73. The number of nitrogens with zero attached hydrogens (tertiary/aromatic N) is 1. The van der Waals surface area contributed by atoms with E-state index in [9.17, 15) is 4.79 Å². The van der Waals surface area contributed by atoms with E-state index in [0.29, 0.717) is 0 Å². The SMILES string of the molecule is O=C1N=C(Cl)C(Cl)S1. The zero-order valence-electron chi connectivity index (χ0n) is 3.60. The second-order valence-electron chi connectivity index (χ2n) is 1.13. The summed E-state index contributed by atoms with van der Waals surface area (Å²) >= 11 is 11.7. The number of carbonyl (C=O) groups is 1. The molecule has 0 aromatic rings. The van der Waals surface area contributed by atoms with Crippen LogP contribution in [0.5, 0.6) is 0 Å². The summed E-state index contributed by atoms with van der Waals surface area (Å²) in [5.41, 5.74) is 0. The number of rotatable bonds is 0. The van der Waals surface area contributed by atoms with Crippen molar-refractivity contribution in [2.45, 2.75) is 4.71 Å². The van der Waals surface area contributed by atoms with Gasteiger partial charge >= 0.3 is 5.24 Å². The third-order valence-electron chi connectivity index (χ3n) is 0.590. The fourth-order valence-corrected chi connectivity index (χ4v) is 1.32. The molecule has 0 aliphatic carbocycles. The van der Waals surface area contributed by atoms with Gasteiger partial charge in [-0.2, -0.15) is 4.99 Å². The number of alkyl halides is 1. The van der Waals surface area contributed by atoms with Crippen molar-refractivity contribution in [2.24, 2.45) is 4.99 Å². The minimum Gasteiger partial charge on any atom is -0.259 e. The zero-order chi connectivity index (χ0) is 6.15. The maximum absolute atomic E-state index is 10.3. The zero-order valence-corrected chi connectivity index (χ0v) is 5.93. The third-order valence-corrected chi connectivity index (χ3v) is 2.33. The molecule has 0 aromatic heterocycles. The first-order valence-electron chi connectivity index (χ1n) is 1.79. The van der Waals surface area contributed by atoms with E-state index in [4.69, 9.17) is 23.2 Å². The summed E-state index contributed by atoms with van der Waals surface area (Å²) in [6.07, 6.45) is 0. The molecule has 1 aliphatic heterocycles. The van der Waals surface area contributed by atoms with E-state index in [2.05, 4.69) is 4.99 Å². The Morgan fingerprint density at radius 2 is 2.38 bits per heavy atom. The molecule has 2 nitrogen and oxygen atoms in total. The number of hydrogen-bond donors (Lipinski definition) is 0. The van der Waals surface area contributed by atoms with Crippen molar-refractivity contribution in [3.8, 4) is 0 Å². The Hall–Kier alpha value is 0.270. The topological polar surface area (TPSA) is 29.4 Å². The molecule has 44 valence electrons. The first-order valence-corrected chi connectivity index (χ1v) is 3.48. The summed E-state index contributed by atoms with van der Waals surface area (Å²) in [5.74, 6) is 0. The van der Waals surface area contributed by atoms with Gasteiger partial charge in [-0.3, -0.25) is 4.79 Å². The maximum atomic E-state index is 10.3. The van der Waals surface area contributed by atoms with Gasteiger partial charge < -0.3 is 0 Å². The predicted molar refractivity (Wildman–Crippen MR) is 35.9 cm³/mol. The quantitative estimate of drug-likeness (QED) is 0.520. The van der Waals surface area contributed by atoms with E-state index in [-0.39, 0.29) is 10.4 Å². The summed E-state index contributed by atoms with van der Waals surface area (Å²) in [6, 6.07) is 0. The number of hydrogen-bond acceptors (Lipinski definition) is 2. The fraction of sp³-hybridized carbons (Fsp3) is 0.333. The second kappa shape index (κ2) is 2.25. The molecule has 1 rings (SSSR count). The summed E-state index contributed by atoms with van der Waals surface area (Å²) in [4.78, 5) is 13.6. The van der Waals surface area contributed by atoms with E-state index in [0.717, 1.165) is 11.8 Å². The van der Waals surface area contributed by atoms with Gasteiger partial charge in [0.15, 0.2) is 0 Å². The Labute approximate surface area is 60.2 Å². The normalized spacial score (nSPS) is 28.5. The van der Waals surface area contributed by atoms with E-state index in [1.54, 1.807) is 0 Å². The molecule has 1 heterocycles. The van der Waals surface area contributed by atoms with Crippen LogP contribution in [0.3, 0.4) is 0 Å². The van der Waals surface area contributed by atoms with Gasteiger partial charge in [-0.05, 0) is 11.8 Å². The van der Waals surface area contributed by atoms with E-state index >= 15 is 0 Å². The lowest BCUT2D eigenvalue weighted by atomic mass is 10.8. The molecule has 0 fully saturated rings. The summed E-state index contributed by atoms with van der Waals surface area (Å²) in [7, 11) is 0. The van der Waals surface area contributed by atoms with Crippen molar-refractivity contribution in [1.29, 1.82) is 0 Å². The van der Waals surface area contributed by atoms with Gasteiger partial charge in [-0.25, -0.2) is 0 Å². The lowest BCUT2D eigenvalue weighted by Gasteiger charge is -1.88. The van der Waals surface area contributed by atoms with Crippen LogP contribution in [0.2, 0.25) is 0 Å². The van der Waals surface area contributed by atoms with Gasteiger partial charge in [0.2, 0.25) is 0 Å². The summed E-state index contributed by atoms with van der Waals surface area (Å²) < 4.78 is -0.454. The van der Waals surface area contributed by atoms with Crippen LogP contribution in [0, 0.1) is 0 Å². The number of aliphatic imine (C=N–C) groups is 1. The van der Waals surface area contributed by atoms with Crippen LogP contribution < -0.4 is 0 Å². The highest BCUT2D eigenvalue weighted by Crippen LogP contribution is 2.27. The van der Waals surface area contributed by atoms with Crippen molar-refractivity contribution in [2.75, 3.05) is 0 Å². The molecule has 1 aliphatic rings. The van der Waals surface area contributed by atoms with Crippen LogP contribution in [0.25, 0.3) is 0 Å². The molecule has 5 heteroatoms. The van der Waals surface area contributed by atoms with Crippen LogP contribution in [0.15, 0.2) is 4.99 Å². The highest BCUT2D eigenvalue weighted by atomic mass is 35.5. The Morgan fingerprint density at radius 3 is 2.50 bits per heavy atom. The van der Waals surface area contributed by atoms with Crippen molar-refractivity contribution in [1.82, 2.24) is 0 Å². The molecule has 0 bridgehead atoms. The molecular weight excluding hydrogens is 169 g/mol. The van der Waals surface area contributed by atoms with Gasteiger partial charge in [0.1, 0.15) is 9.88 Å². The largest absolute Gasteiger partial charge is 0.307 e. The van der Waals surface area contributed by atoms with E-state index < -0.39 is 4.71 Å². The average molecular weight is 170 g/mol. The lowest BCUT2D eigenvalue weighted by molar-refractivity contribution is 0.268. The smallest absolute Gasteiger partial charge is 0.259 e. The molecule has 8 heavy (non-hydrogen) atoms. The van der Waals surface area contributed by atoms with Gasteiger partial charge in [-0.15, -0.1) is 11.6 Å². The first kappa shape index (κ1) is 6.39. The number of thioether (sulfide) groups is 1. The number of amides is 1. The predicted octanol–water partition coefficient (Wildman–Crippen LogP) is 2.06. The minimum atomic E-state index is -0.454. The van der Waals surface area contributed by atoms with Crippen LogP contribution >= 0.6 is 35.0 Å². The molecule has 0 N–H and O–H groups in total. The molecular formula is C3HCl2NOS. The maximum Gasteiger partial charge on any atom is 0.307 e. The van der Waals surface area contributed by atoms with E-state index in [1.165, 1.54) is 0 Å². The minimum absolute atomic E-state index is 0.182. The summed E-state index contributed by atoms with van der Waals surface area (Å²) in [6.45, 7) is 0. The average Bonchev–Trinajstić information content (AvgIpc) is 1.85. The highest BCUT2D eigenvalue weighted by molar-refractivity contribution is 8.16. The Bertz CT molecular complexity index is 157. The van der Waals surface area contributed by atoms with Crippen LogP contribution in [-0.4, -0.2) is 15.1 Å². The van der Waals surface area contributed by atoms with Crippen LogP contribution in [-0.2, 0) is 0 Å². The van der Waals surface area contributed by atoms with Crippen molar-refractivity contribution >= 4 is 45.4 Å². The third kappa shape index (κ3) is 1.16. The van der Waals surface area contributed by atoms with Crippen LogP contribution in [0.1, 0.15) is 0 Å². The molecule has 0 aromatic carbocycles. The molecule has 0 saturated heterocycles. The van der Waals surface area contributed by atoms with E-state index in [1.807, 2.05) is 0 Å². The van der Waals surface area contributed by atoms with Gasteiger partial charge in [0, 0.05) is 0 Å². The standard InChI is InChI=1S/C3HCl2NOS/c4-1-2(5)8-3(7)6-1/h2H. The number of halogens is 2. The van der Waals surface area contributed by atoms with Crippen molar-refractivity contribution in [3.05, 3.63) is 0 Å². The molecule has 1 unspecified atom stereocenters. The van der Waals surface area contributed by atoms with Gasteiger partial charge in [-0.1, -0.05) is 11.6 Å². The van der Waals surface area contributed by atoms with Crippen molar-refractivity contribution in [3.63, 3.8) is 0 Å². The Morgan fingerprint density at radius 1 is 1.75 bits per heavy atom. The Kier molecular flexibility index (Phi) is 1.80. The lowest BCUT2D eigenvalue weighted by Crippen LogP contribution is -1.94. The fourth-order valence-electron chi connectivity index (χ4n) is 0.301. The molecule has 0 spiro atoms. The second-order valence-corrected chi connectivity index (χ2v) is 3.27. The van der Waals surface area contributed by atoms with Gasteiger partial charge in [0.05, 0.1) is 0 Å². The molecule has 1 atom stereocenters. The number of carbonyl (C=O) groups excluding carboxylic acids is 1.